The average molecular weight is 1030 g/mol. The van der Waals surface area contributed by atoms with Crippen molar-refractivity contribution in [1.29, 1.82) is 0 Å². The Kier molecular flexibility index (Phi) is 10.8. The molecular weight excluding hydrogens is 983 g/mol. The van der Waals surface area contributed by atoms with Gasteiger partial charge in [0, 0.05) is 56.3 Å². The molecule has 370 valence electrons. The third-order valence-corrected chi connectivity index (χ3v) is 15.3. The SMILES string of the molecule is Clc1c(N(c2ccccc2)c2ccccc2)cccc1N(c1ccccc1)c1coc2oc3ccccc3c12.c1ccc(N2c3ccccc3B3c4oc5oc6ccccc6c5c4N(c4ccccc4)c4cccc2c43)cc1. The summed E-state index contributed by atoms with van der Waals surface area (Å²) >= 11 is 7.37. The van der Waals surface area contributed by atoms with Crippen LogP contribution in [0.5, 0.6) is 0 Å². The van der Waals surface area contributed by atoms with E-state index >= 15 is 0 Å². The van der Waals surface area contributed by atoms with Gasteiger partial charge in [0.2, 0.25) is 0 Å². The van der Waals surface area contributed by atoms with Gasteiger partial charge >= 0.3 is 0 Å². The topological polar surface area (TPSA) is 65.5 Å². The van der Waals surface area contributed by atoms with Gasteiger partial charge < -0.3 is 37.3 Å². The predicted molar refractivity (Wildman–Crippen MR) is 320 cm³/mol. The Labute approximate surface area is 454 Å². The van der Waals surface area contributed by atoms with Crippen molar-refractivity contribution < 1.29 is 17.7 Å². The summed E-state index contributed by atoms with van der Waals surface area (Å²) in [5.74, 6) is 1.05. The predicted octanol–water partition coefficient (Wildman–Crippen LogP) is 18.0. The van der Waals surface area contributed by atoms with Crippen molar-refractivity contribution in [3.8, 4) is 0 Å². The summed E-state index contributed by atoms with van der Waals surface area (Å²) in [6.45, 7) is -0.0660. The van der Waals surface area contributed by atoms with Crippen molar-refractivity contribution in [2.45, 2.75) is 0 Å². The van der Waals surface area contributed by atoms with Gasteiger partial charge in [-0.3, -0.25) is 0 Å². The van der Waals surface area contributed by atoms with Gasteiger partial charge in [0.1, 0.15) is 23.1 Å². The highest BCUT2D eigenvalue weighted by Crippen LogP contribution is 2.51. The quantitative estimate of drug-likeness (QED) is 0.140. The molecule has 2 aliphatic rings. The van der Waals surface area contributed by atoms with Gasteiger partial charge in [-0.2, -0.15) is 0 Å². The van der Waals surface area contributed by atoms with Gasteiger partial charge in [-0.1, -0.05) is 169 Å². The van der Waals surface area contributed by atoms with Crippen LogP contribution in [0.15, 0.2) is 285 Å². The second-order valence-corrected chi connectivity index (χ2v) is 19.7. The lowest BCUT2D eigenvalue weighted by molar-refractivity contribution is 0.499. The average Bonchev–Trinajstić information content (AvgIpc) is 4.21. The third kappa shape index (κ3) is 7.24. The van der Waals surface area contributed by atoms with Gasteiger partial charge in [0.05, 0.1) is 38.5 Å². The fourth-order valence-corrected chi connectivity index (χ4v) is 11.9. The van der Waals surface area contributed by atoms with Crippen LogP contribution in [-0.4, -0.2) is 6.71 Å². The van der Waals surface area contributed by atoms with E-state index in [9.17, 15) is 0 Å². The molecule has 8 nitrogen and oxygen atoms in total. The van der Waals surface area contributed by atoms with Crippen LogP contribution in [0.4, 0.5) is 68.2 Å². The number of anilines is 12. The van der Waals surface area contributed by atoms with Crippen molar-refractivity contribution in [1.82, 2.24) is 0 Å². The highest BCUT2D eigenvalue weighted by Gasteiger charge is 2.47. The largest absolute Gasteiger partial charge is 0.437 e. The second kappa shape index (κ2) is 18.6. The number of hydrogen-bond donors (Lipinski definition) is 0. The van der Waals surface area contributed by atoms with Crippen LogP contribution in [0.1, 0.15) is 0 Å². The van der Waals surface area contributed by atoms with Crippen LogP contribution in [0.3, 0.4) is 0 Å². The minimum Gasteiger partial charge on any atom is -0.437 e. The van der Waals surface area contributed by atoms with Gasteiger partial charge in [0.15, 0.2) is 0 Å². The molecule has 2 aliphatic heterocycles. The number of hydrogen-bond acceptors (Lipinski definition) is 8. The number of rotatable bonds is 8. The second-order valence-electron chi connectivity index (χ2n) is 19.3. The molecule has 0 saturated carbocycles. The Morgan fingerprint density at radius 2 is 0.833 bits per heavy atom. The van der Waals surface area contributed by atoms with E-state index in [1.165, 1.54) is 10.9 Å². The van der Waals surface area contributed by atoms with Crippen LogP contribution < -0.4 is 36.2 Å². The highest BCUT2D eigenvalue weighted by molar-refractivity contribution is 7.00. The number of nitrogens with zero attached hydrogens (tertiary/aromatic N) is 4. The van der Waals surface area contributed by atoms with Crippen LogP contribution in [0.2, 0.25) is 5.02 Å². The van der Waals surface area contributed by atoms with E-state index in [0.29, 0.717) is 16.6 Å². The fraction of sp³-hybridized carbons (Fsp3) is 0. The van der Waals surface area contributed by atoms with Crippen LogP contribution in [-0.2, 0) is 0 Å². The fourth-order valence-electron chi connectivity index (χ4n) is 11.6. The lowest BCUT2D eigenvalue weighted by Gasteiger charge is -2.42. The number of fused-ring (bicyclic) bond motifs is 11. The van der Waals surface area contributed by atoms with Crippen molar-refractivity contribution >= 4 is 147 Å². The number of furan rings is 4. The Morgan fingerprint density at radius 1 is 0.372 bits per heavy atom. The van der Waals surface area contributed by atoms with E-state index in [1.807, 2.05) is 109 Å². The first-order valence-corrected chi connectivity index (χ1v) is 26.3. The van der Waals surface area contributed by atoms with Crippen LogP contribution in [0.25, 0.3) is 44.3 Å². The lowest BCUT2D eigenvalue weighted by Crippen LogP contribution is -2.60. The maximum atomic E-state index is 7.37. The molecule has 0 saturated heterocycles. The Bertz CT molecular complexity index is 4460. The zero-order valence-corrected chi connectivity index (χ0v) is 42.5. The molecule has 0 atom stereocenters. The molecule has 4 aromatic heterocycles. The van der Waals surface area contributed by atoms with E-state index in [4.69, 9.17) is 29.3 Å². The molecule has 0 fully saturated rings. The molecule has 16 rings (SSSR count). The zero-order chi connectivity index (χ0) is 51.7. The number of benzene rings is 10. The maximum absolute atomic E-state index is 7.37. The van der Waals surface area contributed by atoms with E-state index < -0.39 is 0 Å². The van der Waals surface area contributed by atoms with E-state index in [-0.39, 0.29) is 6.71 Å². The molecule has 0 amide bonds. The maximum Gasteiger partial charge on any atom is 0.300 e. The first-order valence-electron chi connectivity index (χ1n) is 26.0. The van der Waals surface area contributed by atoms with Crippen molar-refractivity contribution in [3.05, 3.63) is 272 Å². The Morgan fingerprint density at radius 3 is 1.46 bits per heavy atom. The number of para-hydroxylation sites is 8. The van der Waals surface area contributed by atoms with E-state index in [1.54, 1.807) is 6.26 Å². The minimum absolute atomic E-state index is 0.0660. The molecule has 78 heavy (non-hydrogen) atoms. The smallest absolute Gasteiger partial charge is 0.300 e. The first kappa shape index (κ1) is 45.3. The van der Waals surface area contributed by atoms with Gasteiger partial charge in [-0.15, -0.1) is 0 Å². The molecule has 10 heteroatoms. The summed E-state index contributed by atoms with van der Waals surface area (Å²) in [5.41, 5.74) is 17.3. The summed E-state index contributed by atoms with van der Waals surface area (Å²) in [6, 6.07) is 89.5. The monoisotopic (exact) mass is 1030 g/mol. The molecular formula is C68H44BClN4O4. The summed E-state index contributed by atoms with van der Waals surface area (Å²) in [4.78, 5) is 9.04. The van der Waals surface area contributed by atoms with Crippen LogP contribution in [0, 0.1) is 0 Å². The molecule has 6 heterocycles. The molecule has 14 aromatic rings. The Hall–Kier alpha value is -10.1. The van der Waals surface area contributed by atoms with Gasteiger partial charge in [0.25, 0.3) is 18.3 Å². The molecule has 0 radical (unpaired) electrons. The minimum atomic E-state index is -0.0660. The summed E-state index contributed by atoms with van der Waals surface area (Å²) < 4.78 is 25.0. The molecule has 0 aliphatic carbocycles. The highest BCUT2D eigenvalue weighted by atomic mass is 35.5. The normalized spacial score (nSPS) is 12.3. The van der Waals surface area contributed by atoms with Gasteiger partial charge in [-0.25, -0.2) is 0 Å². The molecule has 10 aromatic carbocycles. The molecule has 0 N–H and O–H groups in total. The van der Waals surface area contributed by atoms with Crippen molar-refractivity contribution in [3.63, 3.8) is 0 Å². The third-order valence-electron chi connectivity index (χ3n) is 14.9. The number of halogens is 1. The Balaban J connectivity index is 0.000000136. The van der Waals surface area contributed by atoms with Gasteiger partial charge in [-0.05, 0) is 114 Å². The van der Waals surface area contributed by atoms with Crippen LogP contribution >= 0.6 is 11.6 Å². The summed E-state index contributed by atoms with van der Waals surface area (Å²) in [6.07, 6.45) is 1.74. The first-order chi connectivity index (χ1) is 38.7. The molecule has 0 unspecified atom stereocenters. The molecule has 0 bridgehead atoms. The zero-order valence-electron chi connectivity index (χ0n) is 41.8. The van der Waals surface area contributed by atoms with Crippen molar-refractivity contribution in [2.75, 3.05) is 19.6 Å². The van der Waals surface area contributed by atoms with E-state index in [0.717, 1.165) is 107 Å². The van der Waals surface area contributed by atoms with Crippen molar-refractivity contribution in [2.24, 2.45) is 0 Å². The van der Waals surface area contributed by atoms with E-state index in [2.05, 4.69) is 171 Å². The summed E-state index contributed by atoms with van der Waals surface area (Å²) in [5, 5.41) is 4.58. The summed E-state index contributed by atoms with van der Waals surface area (Å²) in [7, 11) is 0. The molecule has 0 spiro atoms. The lowest BCUT2D eigenvalue weighted by atomic mass is 9.35. The standard InChI is InChI=1S/C34H21BN2O2.C34H23ClN2O2/c1-3-12-22(13-4-1)36-26-18-9-8-17-25(26)35-31-27(36)19-11-20-28(31)37(23-14-5-2-6-15-23)32-30-24-16-7-10-21-29(24)38-34(30)39-33(32)35;35-33-28(36(24-13-4-1-5-14-24)25-15-6-2-7-16-25)20-12-21-29(33)37(26-17-8-3-9-18-26)30-23-38-34-32(30)27-19-10-11-22-31(27)39-34/h1-21H;1-23H.